The molecule has 0 saturated heterocycles. The van der Waals surface area contributed by atoms with E-state index in [4.69, 9.17) is 11.6 Å². The van der Waals surface area contributed by atoms with Crippen LogP contribution in [0.5, 0.6) is 0 Å². The Morgan fingerprint density at radius 1 is 1.24 bits per heavy atom. The van der Waals surface area contributed by atoms with Crippen LogP contribution in [0.1, 0.15) is 24.2 Å². The Kier molecular flexibility index (Phi) is 3.87. The SMILES string of the molecule is C[C@H](NCc1cccn1C)c1ccccc1Cl. The van der Waals surface area contributed by atoms with Crippen LogP contribution < -0.4 is 5.32 Å². The van der Waals surface area contributed by atoms with Crippen LogP contribution in [-0.4, -0.2) is 4.57 Å². The summed E-state index contributed by atoms with van der Waals surface area (Å²) in [5, 5.41) is 4.30. The molecular weight excluding hydrogens is 232 g/mol. The minimum Gasteiger partial charge on any atom is -0.353 e. The van der Waals surface area contributed by atoms with E-state index in [1.165, 1.54) is 5.69 Å². The molecule has 90 valence electrons. The Hall–Kier alpha value is -1.25. The molecule has 2 nitrogen and oxygen atoms in total. The average Bonchev–Trinajstić information content (AvgIpc) is 2.72. The summed E-state index contributed by atoms with van der Waals surface area (Å²) in [7, 11) is 2.05. The molecule has 0 bridgehead atoms. The highest BCUT2D eigenvalue weighted by atomic mass is 35.5. The van der Waals surface area contributed by atoms with Crippen molar-refractivity contribution < 1.29 is 0 Å². The minimum absolute atomic E-state index is 0.249. The van der Waals surface area contributed by atoms with Crippen molar-refractivity contribution >= 4 is 11.6 Å². The van der Waals surface area contributed by atoms with Gasteiger partial charge in [0.1, 0.15) is 0 Å². The number of aromatic nitrogens is 1. The number of rotatable bonds is 4. The van der Waals surface area contributed by atoms with Crippen molar-refractivity contribution in [3.8, 4) is 0 Å². The molecule has 2 rings (SSSR count). The summed E-state index contributed by atoms with van der Waals surface area (Å²) < 4.78 is 2.12. The van der Waals surface area contributed by atoms with Crippen LogP contribution in [0.3, 0.4) is 0 Å². The Labute approximate surface area is 107 Å². The van der Waals surface area contributed by atoms with Gasteiger partial charge in [0.2, 0.25) is 0 Å². The first-order valence-corrected chi connectivity index (χ1v) is 6.14. The lowest BCUT2D eigenvalue weighted by Gasteiger charge is -2.16. The molecular formula is C14H17ClN2. The van der Waals surface area contributed by atoms with E-state index in [1.807, 2.05) is 18.2 Å². The molecule has 1 atom stereocenters. The molecule has 0 saturated carbocycles. The quantitative estimate of drug-likeness (QED) is 0.876. The second-order valence-corrected chi connectivity index (χ2v) is 4.64. The van der Waals surface area contributed by atoms with Gasteiger partial charge >= 0.3 is 0 Å². The van der Waals surface area contributed by atoms with Crippen molar-refractivity contribution in [3.05, 3.63) is 58.9 Å². The van der Waals surface area contributed by atoms with Gasteiger partial charge in [-0.05, 0) is 30.7 Å². The molecule has 1 N–H and O–H groups in total. The summed E-state index contributed by atoms with van der Waals surface area (Å²) >= 11 is 6.17. The van der Waals surface area contributed by atoms with Crippen LogP contribution in [0.15, 0.2) is 42.6 Å². The molecule has 0 spiro atoms. The fraction of sp³-hybridized carbons (Fsp3) is 0.286. The number of halogens is 1. The van der Waals surface area contributed by atoms with E-state index in [2.05, 4.69) is 48.3 Å². The van der Waals surface area contributed by atoms with Crippen LogP contribution >= 0.6 is 11.6 Å². The predicted octanol–water partition coefficient (Wildman–Crippen LogP) is 3.53. The van der Waals surface area contributed by atoms with E-state index in [9.17, 15) is 0 Å². The van der Waals surface area contributed by atoms with Gasteiger partial charge in [0.15, 0.2) is 0 Å². The van der Waals surface area contributed by atoms with E-state index in [0.717, 1.165) is 17.1 Å². The molecule has 0 aliphatic heterocycles. The van der Waals surface area contributed by atoms with Gasteiger partial charge in [-0.25, -0.2) is 0 Å². The van der Waals surface area contributed by atoms with Gasteiger partial charge in [-0.1, -0.05) is 29.8 Å². The van der Waals surface area contributed by atoms with Gasteiger partial charge < -0.3 is 9.88 Å². The standard InChI is InChI=1S/C14H17ClN2/c1-11(13-7-3-4-8-14(13)15)16-10-12-6-5-9-17(12)2/h3-9,11,16H,10H2,1-2H3/t11-/m0/s1. The molecule has 0 unspecified atom stereocenters. The Balaban J connectivity index is 2.01. The number of hydrogen-bond donors (Lipinski definition) is 1. The van der Waals surface area contributed by atoms with E-state index in [0.29, 0.717) is 0 Å². The first-order chi connectivity index (χ1) is 8.18. The van der Waals surface area contributed by atoms with Gasteiger partial charge in [0.25, 0.3) is 0 Å². The third kappa shape index (κ3) is 2.90. The fourth-order valence-electron chi connectivity index (χ4n) is 1.87. The molecule has 1 aromatic heterocycles. The molecule has 1 aromatic carbocycles. The fourth-order valence-corrected chi connectivity index (χ4v) is 2.17. The third-order valence-corrected chi connectivity index (χ3v) is 3.36. The molecule has 17 heavy (non-hydrogen) atoms. The van der Waals surface area contributed by atoms with Crippen molar-refractivity contribution in [2.45, 2.75) is 19.5 Å². The maximum Gasteiger partial charge on any atom is 0.0453 e. The first-order valence-electron chi connectivity index (χ1n) is 5.76. The van der Waals surface area contributed by atoms with E-state index >= 15 is 0 Å². The summed E-state index contributed by atoms with van der Waals surface area (Å²) in [5.74, 6) is 0. The summed E-state index contributed by atoms with van der Waals surface area (Å²) in [4.78, 5) is 0. The minimum atomic E-state index is 0.249. The lowest BCUT2D eigenvalue weighted by molar-refractivity contribution is 0.558. The van der Waals surface area contributed by atoms with E-state index < -0.39 is 0 Å². The van der Waals surface area contributed by atoms with Crippen molar-refractivity contribution in [2.75, 3.05) is 0 Å². The number of nitrogens with one attached hydrogen (secondary N) is 1. The molecule has 0 amide bonds. The Bertz CT molecular complexity index is 490. The normalized spacial score (nSPS) is 12.6. The van der Waals surface area contributed by atoms with E-state index in [-0.39, 0.29) is 6.04 Å². The molecule has 0 fully saturated rings. The largest absolute Gasteiger partial charge is 0.353 e. The van der Waals surface area contributed by atoms with E-state index in [1.54, 1.807) is 0 Å². The average molecular weight is 249 g/mol. The van der Waals surface area contributed by atoms with Crippen LogP contribution in [0.4, 0.5) is 0 Å². The van der Waals surface area contributed by atoms with Gasteiger partial charge in [0, 0.05) is 36.5 Å². The lowest BCUT2D eigenvalue weighted by atomic mass is 10.1. The van der Waals surface area contributed by atoms with Crippen LogP contribution in [0.2, 0.25) is 5.02 Å². The number of benzene rings is 1. The van der Waals surface area contributed by atoms with Gasteiger partial charge in [-0.15, -0.1) is 0 Å². The summed E-state index contributed by atoms with van der Waals surface area (Å²) in [6.45, 7) is 2.97. The molecule has 0 aliphatic carbocycles. The highest BCUT2D eigenvalue weighted by Gasteiger charge is 2.08. The second-order valence-electron chi connectivity index (χ2n) is 4.23. The third-order valence-electron chi connectivity index (χ3n) is 3.01. The molecule has 0 radical (unpaired) electrons. The van der Waals surface area contributed by atoms with Gasteiger partial charge in [-0.2, -0.15) is 0 Å². The molecule has 3 heteroatoms. The highest BCUT2D eigenvalue weighted by Crippen LogP contribution is 2.22. The number of nitrogens with zero attached hydrogens (tertiary/aromatic N) is 1. The van der Waals surface area contributed by atoms with Gasteiger partial charge in [0.05, 0.1) is 0 Å². The molecule has 1 heterocycles. The Morgan fingerprint density at radius 2 is 2.00 bits per heavy atom. The lowest BCUT2D eigenvalue weighted by Crippen LogP contribution is -2.19. The van der Waals surface area contributed by atoms with Gasteiger partial charge in [-0.3, -0.25) is 0 Å². The topological polar surface area (TPSA) is 17.0 Å². The highest BCUT2D eigenvalue weighted by molar-refractivity contribution is 6.31. The zero-order valence-electron chi connectivity index (χ0n) is 10.2. The molecule has 0 aliphatic rings. The Morgan fingerprint density at radius 3 is 2.65 bits per heavy atom. The number of hydrogen-bond acceptors (Lipinski definition) is 1. The zero-order valence-corrected chi connectivity index (χ0v) is 10.9. The van der Waals surface area contributed by atoms with Crippen molar-refractivity contribution in [3.63, 3.8) is 0 Å². The molecule has 2 aromatic rings. The van der Waals surface area contributed by atoms with Crippen LogP contribution in [0, 0.1) is 0 Å². The van der Waals surface area contributed by atoms with Crippen molar-refractivity contribution in [1.82, 2.24) is 9.88 Å². The van der Waals surface area contributed by atoms with Crippen LogP contribution in [-0.2, 0) is 13.6 Å². The maximum absolute atomic E-state index is 6.17. The summed E-state index contributed by atoms with van der Waals surface area (Å²) in [6, 6.07) is 12.4. The summed E-state index contributed by atoms with van der Waals surface area (Å²) in [6.07, 6.45) is 2.05. The van der Waals surface area contributed by atoms with Crippen molar-refractivity contribution in [1.29, 1.82) is 0 Å². The summed E-state index contributed by atoms with van der Waals surface area (Å²) in [5.41, 5.74) is 2.41. The monoisotopic (exact) mass is 248 g/mol. The number of aryl methyl sites for hydroxylation is 1. The zero-order chi connectivity index (χ0) is 12.3. The maximum atomic E-state index is 6.17. The van der Waals surface area contributed by atoms with Crippen LogP contribution in [0.25, 0.3) is 0 Å². The second kappa shape index (κ2) is 5.39. The predicted molar refractivity (Wildman–Crippen MR) is 72.1 cm³/mol. The smallest absolute Gasteiger partial charge is 0.0453 e. The first kappa shape index (κ1) is 12.2. The van der Waals surface area contributed by atoms with Crippen molar-refractivity contribution in [2.24, 2.45) is 7.05 Å².